The standard InChI is InChI=1S/C37H17F15N4/c38-23-20(24(39)30(45)35(50)29(23)44)17(11-5-7-53-9-11)14-3-4-15(56-14)18(21-25(40)31(46)36(51)32(47)26(21)41)12-8-16(55-10-12)19(13-2-1-6-54-13)22-27(42)33(48)37(52)34(49)28(22)43/h1-10,17-19,53-56H. The first-order valence-corrected chi connectivity index (χ1v) is 15.7. The minimum absolute atomic E-state index is 0.144. The van der Waals surface area contributed by atoms with Crippen molar-refractivity contribution in [3.8, 4) is 0 Å². The van der Waals surface area contributed by atoms with Gasteiger partial charge >= 0.3 is 0 Å². The second kappa shape index (κ2) is 14.1. The van der Waals surface area contributed by atoms with Crippen LogP contribution in [0.4, 0.5) is 65.9 Å². The van der Waals surface area contributed by atoms with Crippen LogP contribution in [0.2, 0.25) is 0 Å². The summed E-state index contributed by atoms with van der Waals surface area (Å²) in [4.78, 5) is 10.1. The Labute approximate surface area is 302 Å². The molecule has 0 spiro atoms. The summed E-state index contributed by atoms with van der Waals surface area (Å²) in [5.41, 5.74) is -6.69. The fraction of sp³-hybridized carbons (Fsp3) is 0.0811. The average Bonchev–Trinajstić information content (AvgIpc) is 4.04. The molecule has 290 valence electrons. The van der Waals surface area contributed by atoms with Gasteiger partial charge in [0, 0.05) is 64.3 Å². The van der Waals surface area contributed by atoms with E-state index in [-0.39, 0.29) is 11.3 Å². The lowest BCUT2D eigenvalue weighted by molar-refractivity contribution is 0.368. The minimum Gasteiger partial charge on any atom is -0.367 e. The smallest absolute Gasteiger partial charge is 0.200 e. The van der Waals surface area contributed by atoms with Crippen molar-refractivity contribution < 1.29 is 65.9 Å². The van der Waals surface area contributed by atoms with Gasteiger partial charge in [0.15, 0.2) is 69.8 Å². The summed E-state index contributed by atoms with van der Waals surface area (Å²) in [6, 6.07) is 6.34. The van der Waals surface area contributed by atoms with Gasteiger partial charge in [0.05, 0.1) is 17.8 Å². The lowest BCUT2D eigenvalue weighted by Gasteiger charge is -2.21. The molecule has 4 aromatic heterocycles. The van der Waals surface area contributed by atoms with E-state index in [0.717, 1.165) is 30.6 Å². The van der Waals surface area contributed by atoms with Gasteiger partial charge in [-0.3, -0.25) is 0 Å². The molecule has 0 aliphatic heterocycles. The van der Waals surface area contributed by atoms with Gasteiger partial charge in [0.1, 0.15) is 0 Å². The summed E-state index contributed by atoms with van der Waals surface area (Å²) in [7, 11) is 0. The molecule has 7 aromatic rings. The van der Waals surface area contributed by atoms with Gasteiger partial charge in [-0.1, -0.05) is 0 Å². The Morgan fingerprint density at radius 3 is 1.14 bits per heavy atom. The van der Waals surface area contributed by atoms with Crippen LogP contribution >= 0.6 is 0 Å². The second-order valence-corrected chi connectivity index (χ2v) is 12.3. The maximum absolute atomic E-state index is 15.6. The van der Waals surface area contributed by atoms with Crippen molar-refractivity contribution in [2.24, 2.45) is 0 Å². The van der Waals surface area contributed by atoms with Crippen LogP contribution in [0.3, 0.4) is 0 Å². The maximum Gasteiger partial charge on any atom is 0.200 e. The van der Waals surface area contributed by atoms with Crippen molar-refractivity contribution in [3.63, 3.8) is 0 Å². The quantitative estimate of drug-likeness (QED) is 0.0638. The van der Waals surface area contributed by atoms with Crippen LogP contribution in [0.15, 0.2) is 61.2 Å². The van der Waals surface area contributed by atoms with Gasteiger partial charge in [-0.25, -0.2) is 65.9 Å². The molecule has 7 rings (SSSR count). The van der Waals surface area contributed by atoms with Gasteiger partial charge in [0.25, 0.3) is 0 Å². The Morgan fingerprint density at radius 1 is 0.339 bits per heavy atom. The molecule has 0 fully saturated rings. The highest BCUT2D eigenvalue weighted by Crippen LogP contribution is 2.43. The van der Waals surface area contributed by atoms with Crippen molar-refractivity contribution in [3.05, 3.63) is 199 Å². The molecule has 4 N–H and O–H groups in total. The molecule has 4 heterocycles. The zero-order chi connectivity index (χ0) is 40.5. The number of benzene rings is 3. The van der Waals surface area contributed by atoms with Crippen molar-refractivity contribution in [1.29, 1.82) is 0 Å². The van der Waals surface area contributed by atoms with Crippen LogP contribution in [0, 0.1) is 87.3 Å². The van der Waals surface area contributed by atoms with Crippen molar-refractivity contribution in [2.45, 2.75) is 17.8 Å². The first-order valence-electron chi connectivity index (χ1n) is 15.7. The Balaban J connectivity index is 1.46. The zero-order valence-corrected chi connectivity index (χ0v) is 27.2. The van der Waals surface area contributed by atoms with E-state index in [1.54, 1.807) is 0 Å². The Kier molecular flexibility index (Phi) is 9.57. The highest BCUT2D eigenvalue weighted by molar-refractivity contribution is 5.49. The van der Waals surface area contributed by atoms with Crippen LogP contribution in [0.25, 0.3) is 0 Å². The van der Waals surface area contributed by atoms with Gasteiger partial charge in [-0.2, -0.15) is 0 Å². The van der Waals surface area contributed by atoms with Crippen LogP contribution in [0.1, 0.15) is 68.3 Å². The normalized spacial score (nSPS) is 13.4. The number of nitrogens with one attached hydrogen (secondary N) is 4. The summed E-state index contributed by atoms with van der Waals surface area (Å²) in [6.07, 6.45) is 4.36. The lowest BCUT2D eigenvalue weighted by atomic mass is 9.87. The van der Waals surface area contributed by atoms with E-state index in [1.165, 1.54) is 30.6 Å². The molecule has 0 saturated carbocycles. The van der Waals surface area contributed by atoms with E-state index in [9.17, 15) is 39.5 Å². The molecule has 0 radical (unpaired) electrons. The molecule has 3 atom stereocenters. The van der Waals surface area contributed by atoms with Crippen molar-refractivity contribution in [2.75, 3.05) is 0 Å². The van der Waals surface area contributed by atoms with Crippen LogP contribution in [-0.2, 0) is 0 Å². The minimum atomic E-state index is -2.57. The van der Waals surface area contributed by atoms with E-state index in [1.807, 2.05) is 0 Å². The Bertz CT molecular complexity index is 2390. The zero-order valence-electron chi connectivity index (χ0n) is 27.2. The maximum atomic E-state index is 15.6. The molecule has 3 unspecified atom stereocenters. The molecule has 3 aromatic carbocycles. The highest BCUT2D eigenvalue weighted by Gasteiger charge is 2.38. The first-order chi connectivity index (χ1) is 26.6. The van der Waals surface area contributed by atoms with Crippen LogP contribution in [-0.4, -0.2) is 19.9 Å². The van der Waals surface area contributed by atoms with E-state index in [2.05, 4.69) is 19.9 Å². The van der Waals surface area contributed by atoms with Crippen molar-refractivity contribution >= 4 is 0 Å². The fourth-order valence-electron chi connectivity index (χ4n) is 6.68. The number of hydrogen-bond acceptors (Lipinski definition) is 0. The van der Waals surface area contributed by atoms with Gasteiger partial charge in [-0.05, 0) is 47.5 Å². The van der Waals surface area contributed by atoms with Crippen LogP contribution < -0.4 is 0 Å². The van der Waals surface area contributed by atoms with Crippen LogP contribution in [0.5, 0.6) is 0 Å². The van der Waals surface area contributed by atoms with E-state index in [4.69, 9.17) is 0 Å². The fourth-order valence-corrected chi connectivity index (χ4v) is 6.68. The molecule has 0 aliphatic rings. The molecule has 0 saturated heterocycles. The highest BCUT2D eigenvalue weighted by atomic mass is 19.2. The third-order valence-electron chi connectivity index (χ3n) is 9.21. The number of rotatable bonds is 9. The molecule has 4 nitrogen and oxygen atoms in total. The van der Waals surface area contributed by atoms with Crippen molar-refractivity contribution in [1.82, 2.24) is 19.9 Å². The third kappa shape index (κ3) is 5.83. The number of aromatic amines is 4. The molecular formula is C37H17F15N4. The first kappa shape index (κ1) is 38.0. The SMILES string of the molecule is Fc1c(F)c(F)c(C(c2cc[nH]c2)c2ccc(C(c3c[nH]c(C(c4ccc[nH]4)c4c(F)c(F)c(F)c(F)c4F)c3)c3c(F)c(F)c(F)c(F)c3F)[nH]2)c(F)c1F. The Morgan fingerprint density at radius 2 is 0.750 bits per heavy atom. The number of H-pyrrole nitrogens is 4. The summed E-state index contributed by atoms with van der Waals surface area (Å²) >= 11 is 0. The van der Waals surface area contributed by atoms with E-state index >= 15 is 26.3 Å². The summed E-state index contributed by atoms with van der Waals surface area (Å²) in [6.45, 7) is 0. The Hall–Kier alpha value is -6.27. The molecular weight excluding hydrogens is 785 g/mol. The predicted molar refractivity (Wildman–Crippen MR) is 165 cm³/mol. The summed E-state index contributed by atoms with van der Waals surface area (Å²) in [5.74, 6) is -41.6. The second-order valence-electron chi connectivity index (χ2n) is 12.3. The largest absolute Gasteiger partial charge is 0.367 e. The molecule has 56 heavy (non-hydrogen) atoms. The monoisotopic (exact) mass is 802 g/mol. The molecule has 0 aliphatic carbocycles. The number of halogens is 15. The van der Waals surface area contributed by atoms with Gasteiger partial charge in [-0.15, -0.1) is 0 Å². The number of hydrogen-bond donors (Lipinski definition) is 4. The third-order valence-corrected chi connectivity index (χ3v) is 9.21. The van der Waals surface area contributed by atoms with E-state index < -0.39 is 144 Å². The average molecular weight is 803 g/mol. The lowest BCUT2D eigenvalue weighted by Crippen LogP contribution is -2.16. The van der Waals surface area contributed by atoms with Gasteiger partial charge < -0.3 is 19.9 Å². The van der Waals surface area contributed by atoms with Gasteiger partial charge in [0.2, 0.25) is 17.5 Å². The summed E-state index contributed by atoms with van der Waals surface area (Å²) in [5, 5.41) is 0. The molecule has 0 amide bonds. The molecule has 19 heteroatoms. The topological polar surface area (TPSA) is 63.2 Å². The molecule has 0 bridgehead atoms. The van der Waals surface area contributed by atoms with E-state index in [0.29, 0.717) is 0 Å². The number of aromatic nitrogens is 4. The predicted octanol–water partition coefficient (Wildman–Crippen LogP) is 10.6. The summed E-state index contributed by atoms with van der Waals surface area (Å²) < 4.78 is 222.